The fourth-order valence-electron chi connectivity index (χ4n) is 2.72. The molecule has 2 aromatic carbocycles. The summed E-state index contributed by atoms with van der Waals surface area (Å²) >= 11 is 0. The van der Waals surface area contributed by atoms with Crippen molar-refractivity contribution in [3.8, 4) is 40.0 Å². The molecule has 0 spiro atoms. The number of nitrogens with zero attached hydrogens (tertiary/aromatic N) is 2. The molecule has 0 aliphatic heterocycles. The summed E-state index contributed by atoms with van der Waals surface area (Å²) in [6.07, 6.45) is 1.07. The lowest BCUT2D eigenvalue weighted by Gasteiger charge is -2.10. The Bertz CT molecular complexity index is 1060. The number of hydrogen-bond acceptors (Lipinski definition) is 6. The summed E-state index contributed by atoms with van der Waals surface area (Å²) in [4.78, 5) is 15.2. The Kier molecular flexibility index (Phi) is 5.53. The summed E-state index contributed by atoms with van der Waals surface area (Å²) in [5, 5.41) is 37.1. The van der Waals surface area contributed by atoms with Crippen LogP contribution in [0.1, 0.15) is 15.9 Å². The van der Waals surface area contributed by atoms with Crippen molar-refractivity contribution in [1.29, 1.82) is 5.26 Å². The molecule has 0 aliphatic rings. The van der Waals surface area contributed by atoms with E-state index in [-0.39, 0.29) is 18.8 Å². The number of aliphatic hydroxyl groups excluding tert-OH is 1. The minimum absolute atomic E-state index is 0.0727. The SMILES string of the molecule is N#Cc1cc(-c2cc(C(=O)O)c(O)cn2)ccc1-c1ccc(OCCO)cc1. The van der Waals surface area contributed by atoms with Gasteiger partial charge in [0, 0.05) is 5.56 Å². The molecule has 1 aromatic heterocycles. The van der Waals surface area contributed by atoms with Gasteiger partial charge in [-0.15, -0.1) is 0 Å². The Morgan fingerprint density at radius 3 is 2.46 bits per heavy atom. The second kappa shape index (κ2) is 8.20. The molecule has 7 nitrogen and oxygen atoms in total. The molecule has 0 aliphatic carbocycles. The highest BCUT2D eigenvalue weighted by atomic mass is 16.5. The number of aliphatic hydroxyl groups is 1. The summed E-state index contributed by atoms with van der Waals surface area (Å²) < 4.78 is 5.33. The van der Waals surface area contributed by atoms with Crippen molar-refractivity contribution >= 4 is 5.97 Å². The molecule has 0 amide bonds. The highest BCUT2D eigenvalue weighted by Gasteiger charge is 2.14. The summed E-state index contributed by atoms with van der Waals surface area (Å²) in [5.41, 5.74) is 2.55. The lowest BCUT2D eigenvalue weighted by molar-refractivity contribution is 0.0693. The summed E-state index contributed by atoms with van der Waals surface area (Å²) in [5.74, 6) is -1.07. The van der Waals surface area contributed by atoms with Crippen LogP contribution in [0.15, 0.2) is 54.7 Å². The number of aromatic carboxylic acids is 1. The van der Waals surface area contributed by atoms with Crippen LogP contribution in [0.2, 0.25) is 0 Å². The van der Waals surface area contributed by atoms with Crippen LogP contribution < -0.4 is 4.74 Å². The normalized spacial score (nSPS) is 10.3. The van der Waals surface area contributed by atoms with Gasteiger partial charge in [0.2, 0.25) is 0 Å². The maximum Gasteiger partial charge on any atom is 0.339 e. The Balaban J connectivity index is 1.96. The first-order chi connectivity index (χ1) is 13.5. The number of benzene rings is 2. The average Bonchev–Trinajstić information content (AvgIpc) is 2.72. The van der Waals surface area contributed by atoms with Gasteiger partial charge < -0.3 is 20.1 Å². The van der Waals surface area contributed by atoms with Crippen LogP contribution in [0.25, 0.3) is 22.4 Å². The molecular formula is C21H16N2O5. The van der Waals surface area contributed by atoms with E-state index in [0.717, 1.165) is 11.8 Å². The molecule has 0 fully saturated rings. The summed E-state index contributed by atoms with van der Waals surface area (Å²) in [6.45, 7) is 0.131. The second-order valence-electron chi connectivity index (χ2n) is 5.86. The Morgan fingerprint density at radius 2 is 1.82 bits per heavy atom. The Hall–Kier alpha value is -3.89. The number of aromatic hydroxyl groups is 1. The standard InChI is InChI=1S/C21H16N2O5/c22-11-15-9-14(19-10-18(21(26)27)20(25)12-23-19)3-6-17(15)13-1-4-16(5-2-13)28-8-7-24/h1-6,9-10,12,24-25H,7-8H2,(H,26,27). The Labute approximate surface area is 160 Å². The van der Waals surface area contributed by atoms with Gasteiger partial charge in [-0.3, -0.25) is 4.98 Å². The van der Waals surface area contributed by atoms with E-state index in [4.69, 9.17) is 14.9 Å². The van der Waals surface area contributed by atoms with Crippen LogP contribution >= 0.6 is 0 Å². The first-order valence-electron chi connectivity index (χ1n) is 8.34. The van der Waals surface area contributed by atoms with Crippen LogP contribution in [0.4, 0.5) is 0 Å². The van der Waals surface area contributed by atoms with E-state index in [1.165, 1.54) is 6.07 Å². The predicted molar refractivity (Wildman–Crippen MR) is 101 cm³/mol. The number of carboxylic acid groups (broad SMARTS) is 1. The first-order valence-corrected chi connectivity index (χ1v) is 8.34. The van der Waals surface area contributed by atoms with Gasteiger partial charge in [-0.2, -0.15) is 5.26 Å². The fourth-order valence-corrected chi connectivity index (χ4v) is 2.72. The number of pyridine rings is 1. The van der Waals surface area contributed by atoms with Crippen LogP contribution in [-0.4, -0.2) is 39.5 Å². The van der Waals surface area contributed by atoms with E-state index in [0.29, 0.717) is 28.1 Å². The maximum atomic E-state index is 11.2. The third-order valence-corrected chi connectivity index (χ3v) is 4.07. The molecule has 1 heterocycles. The second-order valence-corrected chi connectivity index (χ2v) is 5.86. The number of hydrogen-bond donors (Lipinski definition) is 3. The maximum absolute atomic E-state index is 11.2. The van der Waals surface area contributed by atoms with Crippen molar-refractivity contribution < 1.29 is 24.9 Å². The van der Waals surface area contributed by atoms with Crippen LogP contribution in [-0.2, 0) is 0 Å². The van der Waals surface area contributed by atoms with Crippen molar-refractivity contribution in [3.63, 3.8) is 0 Å². The summed E-state index contributed by atoms with van der Waals surface area (Å²) in [7, 11) is 0. The van der Waals surface area contributed by atoms with E-state index in [1.807, 2.05) is 12.1 Å². The van der Waals surface area contributed by atoms with E-state index < -0.39 is 11.7 Å². The third kappa shape index (κ3) is 3.92. The molecule has 140 valence electrons. The monoisotopic (exact) mass is 376 g/mol. The van der Waals surface area contributed by atoms with Gasteiger partial charge in [0.1, 0.15) is 23.7 Å². The minimum atomic E-state index is -1.26. The topological polar surface area (TPSA) is 124 Å². The fraction of sp³-hybridized carbons (Fsp3) is 0.0952. The quantitative estimate of drug-likeness (QED) is 0.604. The molecule has 0 unspecified atom stereocenters. The van der Waals surface area contributed by atoms with Gasteiger partial charge in [-0.1, -0.05) is 24.3 Å². The predicted octanol–water partition coefficient (Wildman–Crippen LogP) is 3.06. The van der Waals surface area contributed by atoms with Gasteiger partial charge in [0.15, 0.2) is 0 Å². The number of carboxylic acids is 1. The van der Waals surface area contributed by atoms with Gasteiger partial charge in [-0.25, -0.2) is 4.79 Å². The number of aromatic nitrogens is 1. The smallest absolute Gasteiger partial charge is 0.339 e. The van der Waals surface area contributed by atoms with Gasteiger partial charge in [-0.05, 0) is 35.4 Å². The molecule has 28 heavy (non-hydrogen) atoms. The molecule has 0 saturated carbocycles. The van der Waals surface area contributed by atoms with Gasteiger partial charge >= 0.3 is 5.97 Å². The van der Waals surface area contributed by atoms with Crippen LogP contribution in [0.5, 0.6) is 11.5 Å². The molecule has 3 N–H and O–H groups in total. The highest BCUT2D eigenvalue weighted by molar-refractivity contribution is 5.92. The number of ether oxygens (including phenoxy) is 1. The Morgan fingerprint density at radius 1 is 1.11 bits per heavy atom. The zero-order valence-electron chi connectivity index (χ0n) is 14.7. The molecular weight excluding hydrogens is 360 g/mol. The van der Waals surface area contributed by atoms with Gasteiger partial charge in [0.25, 0.3) is 0 Å². The lowest BCUT2D eigenvalue weighted by atomic mass is 9.96. The van der Waals surface area contributed by atoms with E-state index in [2.05, 4.69) is 11.1 Å². The zero-order valence-corrected chi connectivity index (χ0v) is 14.7. The first kappa shape index (κ1) is 18.9. The molecule has 0 saturated heterocycles. The molecule has 7 heteroatoms. The number of rotatable bonds is 6. The number of carbonyl (C=O) groups is 1. The summed E-state index contributed by atoms with van der Waals surface area (Å²) in [6, 6.07) is 15.6. The van der Waals surface area contributed by atoms with Crippen molar-refractivity contribution in [2.75, 3.05) is 13.2 Å². The van der Waals surface area contributed by atoms with Gasteiger partial charge in [0.05, 0.1) is 30.1 Å². The minimum Gasteiger partial charge on any atom is -0.505 e. The molecule has 3 aromatic rings. The molecule has 0 radical (unpaired) electrons. The van der Waals surface area contributed by atoms with Crippen LogP contribution in [0, 0.1) is 11.3 Å². The highest BCUT2D eigenvalue weighted by Crippen LogP contribution is 2.30. The lowest BCUT2D eigenvalue weighted by Crippen LogP contribution is -2.01. The molecule has 0 atom stereocenters. The van der Waals surface area contributed by atoms with E-state index >= 15 is 0 Å². The third-order valence-electron chi connectivity index (χ3n) is 4.07. The van der Waals surface area contributed by atoms with Crippen molar-refractivity contribution in [3.05, 3.63) is 65.9 Å². The average molecular weight is 376 g/mol. The zero-order chi connectivity index (χ0) is 20.1. The van der Waals surface area contributed by atoms with Crippen molar-refractivity contribution in [2.45, 2.75) is 0 Å². The van der Waals surface area contributed by atoms with Crippen LogP contribution in [0.3, 0.4) is 0 Å². The largest absolute Gasteiger partial charge is 0.505 e. The molecule has 3 rings (SSSR count). The molecule has 0 bridgehead atoms. The number of nitriles is 1. The van der Waals surface area contributed by atoms with E-state index in [1.54, 1.807) is 30.3 Å². The van der Waals surface area contributed by atoms with E-state index in [9.17, 15) is 15.2 Å². The van der Waals surface area contributed by atoms with Crippen molar-refractivity contribution in [1.82, 2.24) is 4.98 Å². The van der Waals surface area contributed by atoms with Crippen molar-refractivity contribution in [2.24, 2.45) is 0 Å².